The van der Waals surface area contributed by atoms with Crippen molar-refractivity contribution in [2.45, 2.75) is 4.51 Å². The number of likely N-dealkylation sites (N-methyl/N-ethyl adjacent to an activating group) is 1. The van der Waals surface area contributed by atoms with E-state index in [2.05, 4.69) is 131 Å². The van der Waals surface area contributed by atoms with Gasteiger partial charge in [0, 0.05) is 49.3 Å². The third kappa shape index (κ3) is 3.77. The number of hydrogen-bond acceptors (Lipinski definition) is 4. The molecule has 4 nitrogen and oxygen atoms in total. The van der Waals surface area contributed by atoms with Gasteiger partial charge >= 0.3 is 0 Å². The first kappa shape index (κ1) is 24.5. The van der Waals surface area contributed by atoms with Crippen molar-refractivity contribution < 1.29 is 9.47 Å². The molecule has 0 radical (unpaired) electrons. The SMILES string of the molecule is COc1cccc2c1C(c1cccc3ccccc13)=C1C(=CC(N(C)C)=CC1(Br)OC)N2c1ccccc1. The minimum Gasteiger partial charge on any atom is -0.496 e. The number of benzene rings is 4. The molecular weight excluding hydrogens is 536 g/mol. The highest BCUT2D eigenvalue weighted by Gasteiger charge is 2.45. The van der Waals surface area contributed by atoms with Gasteiger partial charge in [0.1, 0.15) is 5.75 Å². The van der Waals surface area contributed by atoms with Crippen LogP contribution in [0.25, 0.3) is 16.3 Å². The largest absolute Gasteiger partial charge is 0.496 e. The fourth-order valence-electron chi connectivity index (χ4n) is 5.53. The molecule has 0 saturated carbocycles. The van der Waals surface area contributed by atoms with Crippen LogP contribution >= 0.6 is 15.9 Å². The zero-order valence-electron chi connectivity index (χ0n) is 21.9. The van der Waals surface area contributed by atoms with Gasteiger partial charge < -0.3 is 19.3 Å². The third-order valence-electron chi connectivity index (χ3n) is 7.31. The lowest BCUT2D eigenvalue weighted by Gasteiger charge is -2.44. The maximum Gasteiger partial charge on any atom is 0.171 e. The molecule has 0 fully saturated rings. The summed E-state index contributed by atoms with van der Waals surface area (Å²) in [7, 11) is 7.60. The Morgan fingerprint density at radius 1 is 0.816 bits per heavy atom. The average Bonchev–Trinajstić information content (AvgIpc) is 2.95. The van der Waals surface area contributed by atoms with Crippen LogP contribution in [0.15, 0.2) is 120 Å². The van der Waals surface area contributed by atoms with Crippen LogP contribution in [0.5, 0.6) is 5.75 Å². The second kappa shape index (κ2) is 9.50. The molecule has 1 heterocycles. The summed E-state index contributed by atoms with van der Waals surface area (Å²) in [5.74, 6) is 0.811. The van der Waals surface area contributed by atoms with Gasteiger partial charge in [-0.15, -0.1) is 0 Å². The maximum absolute atomic E-state index is 6.31. The van der Waals surface area contributed by atoms with Crippen LogP contribution in [0.3, 0.4) is 0 Å². The first-order valence-electron chi connectivity index (χ1n) is 12.6. The summed E-state index contributed by atoms with van der Waals surface area (Å²) in [5, 5.41) is 2.36. The van der Waals surface area contributed by atoms with Crippen LogP contribution in [-0.4, -0.2) is 37.7 Å². The molecule has 1 aliphatic heterocycles. The standard InChI is InChI=1S/C33H29BrN2O2/c1-35(2)24-20-28-32(33(34,21-24)38-4)30(26-17-10-13-22-12-8-9-16-25(22)26)31-27(18-11-19-29(31)37-3)36(28)23-14-6-5-7-15-23/h5-21H,1-4H3. The summed E-state index contributed by atoms with van der Waals surface area (Å²) in [4.78, 5) is 4.42. The second-order valence-corrected chi connectivity index (χ2v) is 10.8. The molecular formula is C33H29BrN2O2. The smallest absolute Gasteiger partial charge is 0.171 e. The first-order chi connectivity index (χ1) is 18.5. The third-order valence-corrected chi connectivity index (χ3v) is 8.26. The number of methoxy groups -OCH3 is 2. The van der Waals surface area contributed by atoms with Crippen molar-refractivity contribution in [1.29, 1.82) is 0 Å². The van der Waals surface area contributed by atoms with Crippen LogP contribution < -0.4 is 9.64 Å². The molecule has 190 valence electrons. The molecule has 0 saturated heterocycles. The molecule has 38 heavy (non-hydrogen) atoms. The number of nitrogens with zero attached hydrogens (tertiary/aromatic N) is 2. The van der Waals surface area contributed by atoms with E-state index in [4.69, 9.17) is 9.47 Å². The van der Waals surface area contributed by atoms with E-state index >= 15 is 0 Å². The van der Waals surface area contributed by atoms with Gasteiger partial charge in [0.05, 0.1) is 18.5 Å². The molecule has 0 N–H and O–H groups in total. The van der Waals surface area contributed by atoms with Crippen LogP contribution in [0, 0.1) is 0 Å². The van der Waals surface area contributed by atoms with Gasteiger partial charge in [-0.1, -0.05) is 66.7 Å². The Kier molecular flexibility index (Phi) is 6.13. The van der Waals surface area contributed by atoms with Crippen molar-refractivity contribution in [3.8, 4) is 5.75 Å². The number of rotatable bonds is 5. The van der Waals surface area contributed by atoms with E-state index in [0.717, 1.165) is 50.8 Å². The Bertz CT molecular complexity index is 1630. The van der Waals surface area contributed by atoms with Gasteiger partial charge in [0.25, 0.3) is 0 Å². The fraction of sp³-hybridized carbons (Fsp3) is 0.152. The van der Waals surface area contributed by atoms with Gasteiger partial charge in [-0.2, -0.15) is 0 Å². The zero-order chi connectivity index (χ0) is 26.4. The summed E-state index contributed by atoms with van der Waals surface area (Å²) < 4.78 is 11.5. The molecule has 4 aromatic carbocycles. The monoisotopic (exact) mass is 564 g/mol. The molecule has 1 aliphatic carbocycles. The van der Waals surface area contributed by atoms with Crippen molar-refractivity contribution in [3.63, 3.8) is 0 Å². The molecule has 0 amide bonds. The van der Waals surface area contributed by atoms with Gasteiger partial charge in [0.2, 0.25) is 0 Å². The Morgan fingerprint density at radius 3 is 2.26 bits per heavy atom. The molecule has 0 bridgehead atoms. The zero-order valence-corrected chi connectivity index (χ0v) is 23.5. The van der Waals surface area contributed by atoms with E-state index < -0.39 is 4.51 Å². The normalized spacial score (nSPS) is 18.5. The Morgan fingerprint density at radius 2 is 1.53 bits per heavy atom. The van der Waals surface area contributed by atoms with E-state index in [0.29, 0.717) is 0 Å². The van der Waals surface area contributed by atoms with E-state index in [-0.39, 0.29) is 0 Å². The van der Waals surface area contributed by atoms with Gasteiger partial charge in [-0.25, -0.2) is 0 Å². The first-order valence-corrected chi connectivity index (χ1v) is 13.4. The molecule has 0 aromatic heterocycles. The Labute approximate surface area is 232 Å². The predicted molar refractivity (Wildman–Crippen MR) is 160 cm³/mol. The molecule has 4 aromatic rings. The predicted octanol–water partition coefficient (Wildman–Crippen LogP) is 7.88. The van der Waals surface area contributed by atoms with E-state index in [1.165, 1.54) is 10.8 Å². The van der Waals surface area contributed by atoms with E-state index in [1.807, 2.05) is 12.1 Å². The topological polar surface area (TPSA) is 24.9 Å². The minimum absolute atomic E-state index is 0.811. The Hall–Kier alpha value is -3.80. The number of hydrogen-bond donors (Lipinski definition) is 0. The van der Waals surface area contributed by atoms with Gasteiger partial charge in [-0.05, 0) is 68.7 Å². The number of para-hydroxylation sites is 1. The highest BCUT2D eigenvalue weighted by atomic mass is 79.9. The highest BCUT2D eigenvalue weighted by Crippen LogP contribution is 2.56. The molecule has 2 aliphatic rings. The summed E-state index contributed by atoms with van der Waals surface area (Å²) in [6, 6.07) is 31.7. The molecule has 1 unspecified atom stereocenters. The number of anilines is 2. The maximum atomic E-state index is 6.31. The lowest BCUT2D eigenvalue weighted by Crippen LogP contribution is -2.38. The number of alkyl halides is 1. The van der Waals surface area contributed by atoms with E-state index in [9.17, 15) is 0 Å². The molecule has 0 spiro atoms. The number of allylic oxidation sites excluding steroid dienone is 1. The summed E-state index contributed by atoms with van der Waals surface area (Å²) in [6.07, 6.45) is 4.38. The number of halogens is 1. The van der Waals surface area contributed by atoms with Crippen LogP contribution in [0.2, 0.25) is 0 Å². The summed E-state index contributed by atoms with van der Waals surface area (Å²) in [5.41, 5.74) is 8.49. The van der Waals surface area contributed by atoms with Crippen LogP contribution in [0.4, 0.5) is 11.4 Å². The Balaban J connectivity index is 1.81. The van der Waals surface area contributed by atoms with Crippen LogP contribution in [-0.2, 0) is 4.74 Å². The number of fused-ring (bicyclic) bond motifs is 3. The minimum atomic E-state index is -0.880. The number of ether oxygens (including phenoxy) is 2. The quantitative estimate of drug-likeness (QED) is 0.230. The summed E-state index contributed by atoms with van der Waals surface area (Å²) >= 11 is 4.05. The highest BCUT2D eigenvalue weighted by molar-refractivity contribution is 9.10. The van der Waals surface area contributed by atoms with Gasteiger partial charge in [-0.3, -0.25) is 0 Å². The van der Waals surface area contributed by atoms with Crippen molar-refractivity contribution in [3.05, 3.63) is 131 Å². The van der Waals surface area contributed by atoms with Gasteiger partial charge in [0.15, 0.2) is 4.51 Å². The molecule has 1 atom stereocenters. The van der Waals surface area contributed by atoms with Crippen molar-refractivity contribution in [1.82, 2.24) is 4.90 Å². The molecule has 6 rings (SSSR count). The van der Waals surface area contributed by atoms with Crippen LogP contribution in [0.1, 0.15) is 11.1 Å². The average molecular weight is 566 g/mol. The molecule has 5 heteroatoms. The fourth-order valence-corrected chi connectivity index (χ4v) is 6.17. The van der Waals surface area contributed by atoms with E-state index in [1.54, 1.807) is 14.2 Å². The lowest BCUT2D eigenvalue weighted by atomic mass is 9.80. The van der Waals surface area contributed by atoms with Crippen molar-refractivity contribution in [2.24, 2.45) is 0 Å². The summed E-state index contributed by atoms with van der Waals surface area (Å²) in [6.45, 7) is 0. The van der Waals surface area contributed by atoms with Crippen molar-refractivity contribution >= 4 is 43.7 Å². The second-order valence-electron chi connectivity index (χ2n) is 9.64. The van der Waals surface area contributed by atoms with Crippen molar-refractivity contribution in [2.75, 3.05) is 33.2 Å². The lowest BCUT2D eigenvalue weighted by molar-refractivity contribution is 0.145.